The Balaban J connectivity index is 1.98. The van der Waals surface area contributed by atoms with Crippen LogP contribution in [0.1, 0.15) is 27.7 Å². The molecule has 0 aliphatic carbocycles. The number of nitrogens with one attached hydrogen (secondary N) is 2. The van der Waals surface area contributed by atoms with Crippen molar-refractivity contribution in [3.8, 4) is 11.5 Å². The molecular formula is C17H14F4N2O3. The molecule has 0 spiro atoms. The van der Waals surface area contributed by atoms with Gasteiger partial charge in [-0.3, -0.25) is 4.79 Å². The molecule has 138 valence electrons. The minimum atomic E-state index is -3.18. The van der Waals surface area contributed by atoms with Crippen LogP contribution in [0.3, 0.4) is 0 Å². The van der Waals surface area contributed by atoms with Gasteiger partial charge in [-0.2, -0.15) is 17.6 Å². The molecule has 2 N–H and O–H groups in total. The van der Waals surface area contributed by atoms with Gasteiger partial charge in [0.2, 0.25) is 0 Å². The summed E-state index contributed by atoms with van der Waals surface area (Å²) in [5.74, 6) is -1.12. The summed E-state index contributed by atoms with van der Waals surface area (Å²) in [6, 6.07) is 8.51. The predicted molar refractivity (Wildman–Crippen MR) is 84.7 cm³/mol. The Morgan fingerprint density at radius 3 is 2.42 bits per heavy atom. The lowest BCUT2D eigenvalue weighted by atomic mass is 10.0. The molecule has 0 bridgehead atoms. The number of hydrogen-bond donors (Lipinski definition) is 2. The molecule has 0 aromatic heterocycles. The van der Waals surface area contributed by atoms with E-state index in [1.54, 1.807) is 25.1 Å². The van der Waals surface area contributed by atoms with E-state index in [1.807, 2.05) is 0 Å². The second-order valence-corrected chi connectivity index (χ2v) is 5.50. The highest BCUT2D eigenvalue weighted by Gasteiger charge is 2.28. The predicted octanol–water partition coefficient (Wildman–Crippen LogP) is 4.05. The van der Waals surface area contributed by atoms with Crippen LogP contribution in [-0.4, -0.2) is 19.1 Å². The van der Waals surface area contributed by atoms with Crippen molar-refractivity contribution in [3.63, 3.8) is 0 Å². The van der Waals surface area contributed by atoms with Crippen molar-refractivity contribution in [3.05, 3.63) is 53.1 Å². The first kappa shape index (κ1) is 17.8. The van der Waals surface area contributed by atoms with Crippen LogP contribution in [0.25, 0.3) is 0 Å². The summed E-state index contributed by atoms with van der Waals surface area (Å²) in [5.41, 5.74) is 1.90. The Labute approximate surface area is 145 Å². The highest BCUT2D eigenvalue weighted by Crippen LogP contribution is 2.35. The lowest BCUT2D eigenvalue weighted by Crippen LogP contribution is -2.39. The average molecular weight is 370 g/mol. The second-order valence-electron chi connectivity index (χ2n) is 5.50. The van der Waals surface area contributed by atoms with E-state index < -0.39 is 25.3 Å². The lowest BCUT2D eigenvalue weighted by molar-refractivity contribution is -0.0547. The Bertz CT molecular complexity index is 830. The van der Waals surface area contributed by atoms with Gasteiger partial charge >= 0.3 is 13.2 Å². The van der Waals surface area contributed by atoms with Crippen LogP contribution in [0.5, 0.6) is 11.5 Å². The highest BCUT2D eigenvalue weighted by atomic mass is 19.3. The zero-order valence-corrected chi connectivity index (χ0v) is 13.4. The molecular weight excluding hydrogens is 356 g/mol. The molecule has 1 unspecified atom stereocenters. The summed E-state index contributed by atoms with van der Waals surface area (Å²) in [5, 5.41) is 5.67. The van der Waals surface area contributed by atoms with Crippen LogP contribution in [0.2, 0.25) is 0 Å². The molecule has 1 aliphatic rings. The van der Waals surface area contributed by atoms with Crippen molar-refractivity contribution >= 4 is 11.6 Å². The number of amides is 1. The molecule has 2 aromatic rings. The minimum absolute atomic E-state index is 0.147. The van der Waals surface area contributed by atoms with E-state index >= 15 is 0 Å². The van der Waals surface area contributed by atoms with E-state index in [-0.39, 0.29) is 17.1 Å². The van der Waals surface area contributed by atoms with Gasteiger partial charge < -0.3 is 20.1 Å². The fourth-order valence-corrected chi connectivity index (χ4v) is 2.72. The number of carbonyl (C=O) groups excluding carboxylic acids is 1. The van der Waals surface area contributed by atoms with Crippen molar-refractivity contribution < 1.29 is 31.8 Å². The summed E-state index contributed by atoms with van der Waals surface area (Å²) < 4.78 is 58.8. The average Bonchev–Trinajstić information content (AvgIpc) is 2.55. The molecule has 2 aromatic carbocycles. The largest absolute Gasteiger partial charge is 0.435 e. The summed E-state index contributed by atoms with van der Waals surface area (Å²) in [4.78, 5) is 12.3. The van der Waals surface area contributed by atoms with Crippen LogP contribution < -0.4 is 20.1 Å². The fraction of sp³-hybridized carbons (Fsp3) is 0.235. The molecule has 1 atom stereocenters. The van der Waals surface area contributed by atoms with E-state index in [2.05, 4.69) is 20.1 Å². The van der Waals surface area contributed by atoms with E-state index in [4.69, 9.17) is 0 Å². The molecule has 3 rings (SSSR count). The lowest BCUT2D eigenvalue weighted by Gasteiger charge is -2.30. The van der Waals surface area contributed by atoms with E-state index in [0.717, 1.165) is 11.6 Å². The van der Waals surface area contributed by atoms with Crippen molar-refractivity contribution in [2.45, 2.75) is 26.3 Å². The molecule has 1 aliphatic heterocycles. The van der Waals surface area contributed by atoms with Gasteiger partial charge in [0.15, 0.2) is 0 Å². The molecule has 1 amide bonds. The zero-order valence-electron chi connectivity index (χ0n) is 13.4. The molecule has 26 heavy (non-hydrogen) atoms. The smallest absolute Gasteiger partial charge is 0.387 e. The van der Waals surface area contributed by atoms with Gasteiger partial charge in [-0.15, -0.1) is 0 Å². The maximum atomic E-state index is 12.7. The van der Waals surface area contributed by atoms with Gasteiger partial charge in [-0.25, -0.2) is 0 Å². The Hall–Kier alpha value is -2.97. The first-order valence-corrected chi connectivity index (χ1v) is 7.55. The van der Waals surface area contributed by atoms with E-state index in [1.165, 1.54) is 12.1 Å². The molecule has 0 saturated heterocycles. The molecule has 9 heteroatoms. The molecule has 0 saturated carbocycles. The zero-order chi connectivity index (χ0) is 18.8. The summed E-state index contributed by atoms with van der Waals surface area (Å²) in [7, 11) is 0. The van der Waals surface area contributed by atoms with Crippen LogP contribution in [-0.2, 0) is 0 Å². The van der Waals surface area contributed by atoms with Crippen LogP contribution >= 0.6 is 0 Å². The van der Waals surface area contributed by atoms with Crippen molar-refractivity contribution in [1.29, 1.82) is 0 Å². The van der Waals surface area contributed by atoms with Crippen molar-refractivity contribution in [2.24, 2.45) is 0 Å². The van der Waals surface area contributed by atoms with Gasteiger partial charge in [-0.1, -0.05) is 12.1 Å². The number of benzene rings is 2. The SMILES string of the molecule is Cc1cccc2c1NC(c1ccc(OC(F)F)cc1OC(F)F)NC2=O. The number of hydrogen-bond acceptors (Lipinski definition) is 4. The number of anilines is 1. The molecule has 0 fully saturated rings. The number of para-hydroxylation sites is 1. The first-order chi connectivity index (χ1) is 12.3. The number of aryl methyl sites for hydroxylation is 1. The number of halogens is 4. The quantitative estimate of drug-likeness (QED) is 0.780. The van der Waals surface area contributed by atoms with Gasteiger partial charge in [-0.05, 0) is 30.7 Å². The number of ether oxygens (including phenoxy) is 2. The number of carbonyl (C=O) groups is 1. The van der Waals surface area contributed by atoms with Gasteiger partial charge in [0.25, 0.3) is 5.91 Å². The summed E-state index contributed by atoms with van der Waals surface area (Å²) >= 11 is 0. The third-order valence-corrected chi connectivity index (χ3v) is 3.82. The minimum Gasteiger partial charge on any atom is -0.435 e. The highest BCUT2D eigenvalue weighted by molar-refractivity contribution is 6.02. The normalized spacial score (nSPS) is 16.1. The van der Waals surface area contributed by atoms with Gasteiger partial charge in [0.1, 0.15) is 17.7 Å². The topological polar surface area (TPSA) is 59.6 Å². The number of alkyl halides is 4. The van der Waals surface area contributed by atoms with Gasteiger partial charge in [0, 0.05) is 11.6 Å². The van der Waals surface area contributed by atoms with Crippen molar-refractivity contribution in [1.82, 2.24) is 5.32 Å². The summed E-state index contributed by atoms with van der Waals surface area (Å²) in [6.45, 7) is -4.50. The molecule has 1 heterocycles. The Kier molecular flexibility index (Phi) is 4.88. The van der Waals surface area contributed by atoms with Gasteiger partial charge in [0.05, 0.1) is 11.3 Å². The second kappa shape index (κ2) is 7.11. The Morgan fingerprint density at radius 2 is 1.73 bits per heavy atom. The van der Waals surface area contributed by atoms with Crippen molar-refractivity contribution in [2.75, 3.05) is 5.32 Å². The Morgan fingerprint density at radius 1 is 1.00 bits per heavy atom. The fourth-order valence-electron chi connectivity index (χ4n) is 2.72. The number of fused-ring (bicyclic) bond motifs is 1. The van der Waals surface area contributed by atoms with E-state index in [9.17, 15) is 22.4 Å². The standard InChI is InChI=1S/C17H14F4N2O3/c1-8-3-2-4-11-13(8)22-14(23-15(11)24)10-6-5-9(25-16(18)19)7-12(10)26-17(20)21/h2-7,14,16-17,22H,1H3,(H,23,24). The van der Waals surface area contributed by atoms with Crippen LogP contribution in [0.4, 0.5) is 23.2 Å². The third-order valence-electron chi connectivity index (χ3n) is 3.82. The summed E-state index contributed by atoms with van der Waals surface area (Å²) in [6.07, 6.45) is -0.884. The van der Waals surface area contributed by atoms with Crippen LogP contribution in [0.15, 0.2) is 36.4 Å². The first-order valence-electron chi connectivity index (χ1n) is 7.55. The van der Waals surface area contributed by atoms with Crippen LogP contribution in [0, 0.1) is 6.92 Å². The van der Waals surface area contributed by atoms with E-state index in [0.29, 0.717) is 11.3 Å². The maximum Gasteiger partial charge on any atom is 0.387 e. The monoisotopic (exact) mass is 370 g/mol. The number of rotatable bonds is 5. The maximum absolute atomic E-state index is 12.7. The third kappa shape index (κ3) is 3.66. The molecule has 5 nitrogen and oxygen atoms in total. The molecule has 0 radical (unpaired) electrons.